The van der Waals surface area contributed by atoms with Crippen LogP contribution in [0.4, 0.5) is 0 Å². The third kappa shape index (κ3) is 5.58. The van der Waals surface area contributed by atoms with Crippen molar-refractivity contribution in [3.63, 3.8) is 0 Å². The monoisotopic (exact) mass is 393 g/mol. The molecule has 0 spiro atoms. The molecule has 27 heavy (non-hydrogen) atoms. The largest absolute Gasteiger partial charge is 0.390 e. The zero-order valence-corrected chi connectivity index (χ0v) is 15.3. The maximum atomic E-state index is 12.4. The SMILES string of the molecule is COCCNC(=O)c1cccc(S(=O)(=O)NC(=O)c2ccc(CO)nc2)c1. The van der Waals surface area contributed by atoms with E-state index in [9.17, 15) is 18.0 Å². The van der Waals surface area contributed by atoms with E-state index in [4.69, 9.17) is 9.84 Å². The molecule has 2 aromatic rings. The van der Waals surface area contributed by atoms with Crippen LogP contribution >= 0.6 is 0 Å². The number of carbonyl (C=O) groups excluding carboxylic acids is 2. The fourth-order valence-corrected chi connectivity index (χ4v) is 3.09. The minimum atomic E-state index is -4.19. The topological polar surface area (TPSA) is 135 Å². The van der Waals surface area contributed by atoms with E-state index in [1.807, 2.05) is 4.72 Å². The fourth-order valence-electron chi connectivity index (χ4n) is 2.07. The van der Waals surface area contributed by atoms with Crippen molar-refractivity contribution >= 4 is 21.8 Å². The molecule has 0 bridgehead atoms. The van der Waals surface area contributed by atoms with E-state index in [-0.39, 0.29) is 29.2 Å². The highest BCUT2D eigenvalue weighted by Gasteiger charge is 2.20. The number of aliphatic hydroxyl groups excluding tert-OH is 1. The lowest BCUT2D eigenvalue weighted by molar-refractivity contribution is 0.0935. The molecule has 1 aromatic heterocycles. The highest BCUT2D eigenvalue weighted by molar-refractivity contribution is 7.90. The summed E-state index contributed by atoms with van der Waals surface area (Å²) in [7, 11) is -2.69. The van der Waals surface area contributed by atoms with Gasteiger partial charge >= 0.3 is 0 Å². The molecule has 10 heteroatoms. The molecule has 1 aromatic carbocycles. The van der Waals surface area contributed by atoms with Gasteiger partial charge in [0.2, 0.25) is 0 Å². The molecular weight excluding hydrogens is 374 g/mol. The summed E-state index contributed by atoms with van der Waals surface area (Å²) in [5.74, 6) is -1.33. The first-order chi connectivity index (χ1) is 12.9. The van der Waals surface area contributed by atoms with Crippen molar-refractivity contribution in [3.05, 3.63) is 59.4 Å². The lowest BCUT2D eigenvalue weighted by Gasteiger charge is -2.09. The van der Waals surface area contributed by atoms with Crippen LogP contribution in [0, 0.1) is 0 Å². The van der Waals surface area contributed by atoms with Crippen LogP contribution in [0.15, 0.2) is 47.5 Å². The molecule has 0 saturated carbocycles. The normalized spacial score (nSPS) is 11.0. The number of amides is 2. The van der Waals surface area contributed by atoms with Gasteiger partial charge in [-0.15, -0.1) is 0 Å². The highest BCUT2D eigenvalue weighted by Crippen LogP contribution is 2.12. The van der Waals surface area contributed by atoms with Crippen molar-refractivity contribution in [1.82, 2.24) is 15.0 Å². The Morgan fingerprint density at radius 2 is 1.93 bits per heavy atom. The number of nitrogens with one attached hydrogen (secondary N) is 2. The first kappa shape index (κ1) is 20.5. The Bertz CT molecular complexity index is 913. The van der Waals surface area contributed by atoms with Gasteiger partial charge in [0.05, 0.1) is 29.4 Å². The third-order valence-electron chi connectivity index (χ3n) is 3.47. The van der Waals surface area contributed by atoms with Crippen molar-refractivity contribution in [3.8, 4) is 0 Å². The summed E-state index contributed by atoms with van der Waals surface area (Å²) in [6.45, 7) is 0.308. The van der Waals surface area contributed by atoms with Crippen LogP contribution in [-0.4, -0.2) is 50.6 Å². The van der Waals surface area contributed by atoms with Gasteiger partial charge in [0.15, 0.2) is 0 Å². The average Bonchev–Trinajstić information content (AvgIpc) is 2.68. The minimum absolute atomic E-state index is 0.0178. The first-order valence-electron chi connectivity index (χ1n) is 7.87. The average molecular weight is 393 g/mol. The van der Waals surface area contributed by atoms with E-state index in [0.717, 1.165) is 6.20 Å². The second-order valence-electron chi connectivity index (χ2n) is 5.41. The highest BCUT2D eigenvalue weighted by atomic mass is 32.2. The van der Waals surface area contributed by atoms with Crippen LogP contribution < -0.4 is 10.0 Å². The molecule has 0 aliphatic rings. The number of hydrogen-bond donors (Lipinski definition) is 3. The number of sulfonamides is 1. The fraction of sp³-hybridized carbons (Fsp3) is 0.235. The Kier molecular flexibility index (Phi) is 6.99. The molecule has 3 N–H and O–H groups in total. The van der Waals surface area contributed by atoms with E-state index in [1.165, 1.54) is 43.5 Å². The number of aromatic nitrogens is 1. The summed E-state index contributed by atoms with van der Waals surface area (Å²) in [6, 6.07) is 8.07. The van der Waals surface area contributed by atoms with Crippen molar-refractivity contribution in [2.75, 3.05) is 20.3 Å². The molecular formula is C17H19N3O6S. The van der Waals surface area contributed by atoms with Gasteiger partial charge in [0.1, 0.15) is 0 Å². The smallest absolute Gasteiger partial charge is 0.266 e. The predicted molar refractivity (Wildman–Crippen MR) is 95.5 cm³/mol. The van der Waals surface area contributed by atoms with Crippen LogP contribution in [0.25, 0.3) is 0 Å². The molecule has 1 heterocycles. The van der Waals surface area contributed by atoms with Gasteiger partial charge in [-0.25, -0.2) is 13.1 Å². The van der Waals surface area contributed by atoms with Crippen LogP contribution in [0.1, 0.15) is 26.4 Å². The van der Waals surface area contributed by atoms with Crippen LogP contribution in [-0.2, 0) is 21.4 Å². The van der Waals surface area contributed by atoms with Crippen LogP contribution in [0.3, 0.4) is 0 Å². The molecule has 144 valence electrons. The summed E-state index contributed by atoms with van der Waals surface area (Å²) < 4.78 is 31.6. The summed E-state index contributed by atoms with van der Waals surface area (Å²) in [5, 5.41) is 11.5. The second kappa shape index (κ2) is 9.21. The Balaban J connectivity index is 2.14. The Labute approximate surface area is 156 Å². The maximum absolute atomic E-state index is 12.4. The Morgan fingerprint density at radius 1 is 1.15 bits per heavy atom. The number of methoxy groups -OCH3 is 1. The summed E-state index contributed by atoms with van der Waals surface area (Å²) in [6.07, 6.45) is 1.16. The summed E-state index contributed by atoms with van der Waals surface area (Å²) in [4.78, 5) is 27.8. The van der Waals surface area contributed by atoms with Gasteiger partial charge in [0, 0.05) is 25.4 Å². The standard InChI is InChI=1S/C17H19N3O6S/c1-26-8-7-18-16(22)12-3-2-4-15(9-12)27(24,25)20-17(23)13-5-6-14(11-21)19-10-13/h2-6,9-10,21H,7-8,11H2,1H3,(H,18,22)(H,20,23). The number of nitrogens with zero attached hydrogens (tertiary/aromatic N) is 1. The lowest BCUT2D eigenvalue weighted by atomic mass is 10.2. The molecule has 0 aliphatic heterocycles. The zero-order valence-electron chi connectivity index (χ0n) is 14.5. The van der Waals surface area contributed by atoms with Gasteiger partial charge in [-0.05, 0) is 30.3 Å². The Hall–Kier alpha value is -2.82. The van der Waals surface area contributed by atoms with Gasteiger partial charge < -0.3 is 15.2 Å². The van der Waals surface area contributed by atoms with E-state index < -0.39 is 21.8 Å². The van der Waals surface area contributed by atoms with E-state index >= 15 is 0 Å². The minimum Gasteiger partial charge on any atom is -0.390 e. The number of pyridine rings is 1. The summed E-state index contributed by atoms with van der Waals surface area (Å²) >= 11 is 0. The van der Waals surface area contributed by atoms with Gasteiger partial charge in [-0.1, -0.05) is 6.07 Å². The number of rotatable bonds is 8. The summed E-state index contributed by atoms with van der Waals surface area (Å²) in [5.41, 5.74) is 0.501. The number of hydrogen-bond acceptors (Lipinski definition) is 7. The second-order valence-corrected chi connectivity index (χ2v) is 7.09. The third-order valence-corrected chi connectivity index (χ3v) is 4.80. The molecule has 0 fully saturated rings. The van der Waals surface area contributed by atoms with E-state index in [1.54, 1.807) is 0 Å². The number of benzene rings is 1. The van der Waals surface area contributed by atoms with Gasteiger partial charge in [-0.3, -0.25) is 14.6 Å². The number of carbonyl (C=O) groups is 2. The molecule has 0 aliphatic carbocycles. The number of ether oxygens (including phenoxy) is 1. The first-order valence-corrected chi connectivity index (χ1v) is 9.36. The van der Waals surface area contributed by atoms with Gasteiger partial charge in [0.25, 0.3) is 21.8 Å². The quantitative estimate of drug-likeness (QED) is 0.540. The van der Waals surface area contributed by atoms with Crippen LogP contribution in [0.5, 0.6) is 0 Å². The van der Waals surface area contributed by atoms with Crippen molar-refractivity contribution in [2.24, 2.45) is 0 Å². The zero-order chi connectivity index (χ0) is 19.9. The van der Waals surface area contributed by atoms with Crippen molar-refractivity contribution in [2.45, 2.75) is 11.5 Å². The number of aliphatic hydroxyl groups is 1. The molecule has 0 atom stereocenters. The van der Waals surface area contributed by atoms with Crippen molar-refractivity contribution < 1.29 is 27.9 Å². The Morgan fingerprint density at radius 3 is 2.56 bits per heavy atom. The molecule has 0 radical (unpaired) electrons. The van der Waals surface area contributed by atoms with E-state index in [2.05, 4.69) is 10.3 Å². The van der Waals surface area contributed by atoms with Gasteiger partial charge in [-0.2, -0.15) is 0 Å². The van der Waals surface area contributed by atoms with E-state index in [0.29, 0.717) is 12.3 Å². The van der Waals surface area contributed by atoms with Crippen molar-refractivity contribution in [1.29, 1.82) is 0 Å². The lowest BCUT2D eigenvalue weighted by Crippen LogP contribution is -2.31. The van der Waals surface area contributed by atoms with Crippen LogP contribution in [0.2, 0.25) is 0 Å². The molecule has 2 rings (SSSR count). The molecule has 9 nitrogen and oxygen atoms in total. The maximum Gasteiger partial charge on any atom is 0.266 e. The molecule has 0 unspecified atom stereocenters. The predicted octanol–water partition coefficient (Wildman–Crippen LogP) is 0.0688. The molecule has 2 amide bonds. The molecule has 0 saturated heterocycles.